The molecular formula is C26H33ClN6O2. The summed E-state index contributed by atoms with van der Waals surface area (Å²) >= 11 is 6.96. The van der Waals surface area contributed by atoms with E-state index >= 15 is 0 Å². The topological polar surface area (TPSA) is 90.0 Å². The molecule has 0 amide bonds. The third-order valence-corrected chi connectivity index (χ3v) is 7.44. The van der Waals surface area contributed by atoms with E-state index in [1.165, 1.54) is 0 Å². The van der Waals surface area contributed by atoms with Crippen molar-refractivity contribution in [1.82, 2.24) is 29.4 Å². The summed E-state index contributed by atoms with van der Waals surface area (Å²) in [5.41, 5.74) is 1.87. The third-order valence-electron chi connectivity index (χ3n) is 7.01. The lowest BCUT2D eigenvalue weighted by Crippen LogP contribution is -2.33. The van der Waals surface area contributed by atoms with Crippen LogP contribution in [0.4, 0.5) is 0 Å². The van der Waals surface area contributed by atoms with Crippen LogP contribution in [-0.2, 0) is 26.2 Å². The third kappa shape index (κ3) is 4.20. The molecule has 0 radical (unpaired) electrons. The van der Waals surface area contributed by atoms with E-state index in [2.05, 4.69) is 29.1 Å². The fraction of sp³-hybridized carbons (Fsp3) is 0.423. The highest BCUT2D eigenvalue weighted by molar-refractivity contribution is 6.36. The second-order valence-corrected chi connectivity index (χ2v) is 9.42. The molecule has 0 bridgehead atoms. The lowest BCUT2D eigenvalue weighted by atomic mass is 9.86. The summed E-state index contributed by atoms with van der Waals surface area (Å²) in [4.78, 5) is 13.6. The SMILES string of the molecule is CC[C@H](C)NCc1c(OC)nc2ccc(C(O)(c3cnc(C)n3C)c3cnc(C)n3C)cc2c1Cl. The minimum absolute atomic E-state index is 0.323. The summed E-state index contributed by atoms with van der Waals surface area (Å²) in [5.74, 6) is 2.08. The van der Waals surface area contributed by atoms with Crippen molar-refractivity contribution in [3.05, 3.63) is 69.8 Å². The van der Waals surface area contributed by atoms with E-state index in [4.69, 9.17) is 21.3 Å². The standard InChI is InChI=1S/C26H33ClN6O2/c1-8-15(2)28-12-20-24(27)19-11-18(9-10-21(19)31-25(20)35-7)26(34,22-13-29-16(3)32(22)5)23-14-30-17(4)33(23)6/h9-11,13-15,28,34H,8,12H2,1-7H3/t15-/m0/s1. The summed E-state index contributed by atoms with van der Waals surface area (Å²) in [5, 5.41) is 17.2. The number of halogens is 1. The van der Waals surface area contributed by atoms with E-state index in [-0.39, 0.29) is 0 Å². The van der Waals surface area contributed by atoms with Gasteiger partial charge in [-0.2, -0.15) is 0 Å². The van der Waals surface area contributed by atoms with Crippen LogP contribution < -0.4 is 10.1 Å². The highest BCUT2D eigenvalue weighted by Gasteiger charge is 2.40. The van der Waals surface area contributed by atoms with Gasteiger partial charge in [0.25, 0.3) is 0 Å². The Balaban J connectivity index is 1.95. The predicted molar refractivity (Wildman–Crippen MR) is 138 cm³/mol. The Morgan fingerprint density at radius 2 is 1.71 bits per heavy atom. The molecule has 4 rings (SSSR count). The molecule has 3 heterocycles. The van der Waals surface area contributed by atoms with Crippen molar-refractivity contribution in [1.29, 1.82) is 0 Å². The first-order valence-corrected chi connectivity index (χ1v) is 12.1. The number of nitrogens with zero attached hydrogens (tertiary/aromatic N) is 5. The number of rotatable bonds is 8. The molecule has 0 aliphatic carbocycles. The highest BCUT2D eigenvalue weighted by atomic mass is 35.5. The molecule has 0 spiro atoms. The van der Waals surface area contributed by atoms with Crippen LogP contribution in [0.2, 0.25) is 5.02 Å². The zero-order chi connectivity index (χ0) is 25.5. The highest BCUT2D eigenvalue weighted by Crippen LogP contribution is 2.40. The van der Waals surface area contributed by atoms with Gasteiger partial charge in [0.1, 0.15) is 11.6 Å². The first-order chi connectivity index (χ1) is 16.6. The molecule has 186 valence electrons. The van der Waals surface area contributed by atoms with E-state index in [1.54, 1.807) is 19.5 Å². The van der Waals surface area contributed by atoms with Crippen LogP contribution in [0.3, 0.4) is 0 Å². The quantitative estimate of drug-likeness (QED) is 0.381. The molecule has 0 saturated heterocycles. The summed E-state index contributed by atoms with van der Waals surface area (Å²) in [6.07, 6.45) is 4.40. The summed E-state index contributed by atoms with van der Waals surface area (Å²) < 4.78 is 9.35. The van der Waals surface area contributed by atoms with Gasteiger partial charge in [-0.3, -0.25) is 0 Å². The Bertz CT molecular complexity index is 1330. The van der Waals surface area contributed by atoms with Gasteiger partial charge in [-0.05, 0) is 44.9 Å². The van der Waals surface area contributed by atoms with Crippen LogP contribution in [0.15, 0.2) is 30.6 Å². The van der Waals surface area contributed by atoms with Crippen molar-refractivity contribution >= 4 is 22.5 Å². The molecule has 35 heavy (non-hydrogen) atoms. The molecule has 1 aromatic carbocycles. The van der Waals surface area contributed by atoms with E-state index in [0.717, 1.165) is 29.0 Å². The van der Waals surface area contributed by atoms with Gasteiger partial charge in [-0.15, -0.1) is 0 Å². The van der Waals surface area contributed by atoms with Gasteiger partial charge in [-0.25, -0.2) is 15.0 Å². The number of aromatic nitrogens is 5. The number of imidazole rings is 2. The molecule has 1 atom stereocenters. The van der Waals surface area contributed by atoms with Crippen molar-refractivity contribution in [2.75, 3.05) is 7.11 Å². The second-order valence-electron chi connectivity index (χ2n) is 9.05. The summed E-state index contributed by atoms with van der Waals surface area (Å²) in [6.45, 7) is 8.59. The number of nitrogens with one attached hydrogen (secondary N) is 1. The van der Waals surface area contributed by atoms with Crippen LogP contribution in [0, 0.1) is 13.8 Å². The number of pyridine rings is 1. The van der Waals surface area contributed by atoms with Crippen molar-refractivity contribution in [3.63, 3.8) is 0 Å². The first kappa shape index (κ1) is 25.2. The fourth-order valence-corrected chi connectivity index (χ4v) is 4.61. The summed E-state index contributed by atoms with van der Waals surface area (Å²) in [7, 11) is 5.38. The Hall–Kier alpha value is -2.94. The molecule has 3 aromatic heterocycles. The lowest BCUT2D eigenvalue weighted by Gasteiger charge is -2.30. The normalized spacial score (nSPS) is 12.9. The average Bonchev–Trinajstić information content (AvgIpc) is 3.38. The molecule has 4 aromatic rings. The number of fused-ring (bicyclic) bond motifs is 1. The Labute approximate surface area is 210 Å². The fourth-order valence-electron chi connectivity index (χ4n) is 4.31. The van der Waals surface area contributed by atoms with Gasteiger partial charge in [0, 0.05) is 37.6 Å². The van der Waals surface area contributed by atoms with Crippen LogP contribution in [-0.4, -0.2) is 42.3 Å². The molecule has 0 aliphatic heterocycles. The number of hydrogen-bond acceptors (Lipinski definition) is 6. The van der Waals surface area contributed by atoms with E-state index in [0.29, 0.717) is 46.0 Å². The lowest BCUT2D eigenvalue weighted by molar-refractivity contribution is 0.109. The molecule has 0 aliphatic rings. The van der Waals surface area contributed by atoms with Gasteiger partial charge in [-0.1, -0.05) is 24.6 Å². The Morgan fingerprint density at radius 1 is 1.11 bits per heavy atom. The smallest absolute Gasteiger partial charge is 0.219 e. The Kier molecular flexibility index (Phi) is 6.90. The average molecular weight is 497 g/mol. The van der Waals surface area contributed by atoms with Crippen LogP contribution in [0.1, 0.15) is 54.4 Å². The predicted octanol–water partition coefficient (Wildman–Crippen LogP) is 4.15. The van der Waals surface area contributed by atoms with Crippen molar-refractivity contribution in [2.24, 2.45) is 14.1 Å². The van der Waals surface area contributed by atoms with E-state index < -0.39 is 5.60 Å². The maximum absolute atomic E-state index is 12.4. The van der Waals surface area contributed by atoms with Crippen molar-refractivity contribution in [3.8, 4) is 5.88 Å². The summed E-state index contributed by atoms with van der Waals surface area (Å²) in [6, 6.07) is 5.96. The number of ether oxygens (including phenoxy) is 1. The molecule has 0 saturated carbocycles. The maximum Gasteiger partial charge on any atom is 0.219 e. The molecular weight excluding hydrogens is 464 g/mol. The number of methoxy groups -OCH3 is 1. The minimum atomic E-state index is -1.52. The van der Waals surface area contributed by atoms with E-state index in [9.17, 15) is 5.11 Å². The van der Waals surface area contributed by atoms with Gasteiger partial charge in [0.2, 0.25) is 5.88 Å². The number of aryl methyl sites for hydroxylation is 2. The number of aliphatic hydroxyl groups is 1. The number of benzene rings is 1. The molecule has 0 unspecified atom stereocenters. The molecule has 8 nitrogen and oxygen atoms in total. The van der Waals surface area contributed by atoms with Crippen LogP contribution >= 0.6 is 11.6 Å². The minimum Gasteiger partial charge on any atom is -0.481 e. The van der Waals surface area contributed by atoms with E-state index in [1.807, 2.05) is 55.3 Å². The monoisotopic (exact) mass is 496 g/mol. The number of hydrogen-bond donors (Lipinski definition) is 2. The Morgan fingerprint density at radius 3 is 2.20 bits per heavy atom. The van der Waals surface area contributed by atoms with Gasteiger partial charge in [0.05, 0.1) is 41.4 Å². The van der Waals surface area contributed by atoms with Crippen LogP contribution in [0.5, 0.6) is 5.88 Å². The van der Waals surface area contributed by atoms with Crippen LogP contribution in [0.25, 0.3) is 10.9 Å². The zero-order valence-corrected chi connectivity index (χ0v) is 22.1. The van der Waals surface area contributed by atoms with Gasteiger partial charge >= 0.3 is 0 Å². The maximum atomic E-state index is 12.4. The van der Waals surface area contributed by atoms with Gasteiger partial charge in [0.15, 0.2) is 5.60 Å². The first-order valence-electron chi connectivity index (χ1n) is 11.7. The van der Waals surface area contributed by atoms with Crippen molar-refractivity contribution < 1.29 is 9.84 Å². The van der Waals surface area contributed by atoms with Crippen molar-refractivity contribution in [2.45, 2.75) is 52.3 Å². The van der Waals surface area contributed by atoms with Gasteiger partial charge < -0.3 is 24.3 Å². The largest absolute Gasteiger partial charge is 0.481 e. The molecule has 9 heteroatoms. The zero-order valence-electron chi connectivity index (χ0n) is 21.3. The molecule has 2 N–H and O–H groups in total. The molecule has 0 fully saturated rings. The second kappa shape index (κ2) is 9.60.